The molecule has 1 unspecified atom stereocenters. The molecule has 0 saturated carbocycles. The fourth-order valence-electron chi connectivity index (χ4n) is 4.27. The predicted molar refractivity (Wildman–Crippen MR) is 114 cm³/mol. The summed E-state index contributed by atoms with van der Waals surface area (Å²) >= 11 is 0. The van der Waals surface area contributed by atoms with Gasteiger partial charge in [0.25, 0.3) is 11.8 Å². The number of amides is 3. The average Bonchev–Trinajstić information content (AvgIpc) is 3.05. The van der Waals surface area contributed by atoms with E-state index < -0.39 is 6.17 Å². The molecule has 0 bridgehead atoms. The number of anilines is 1. The zero-order chi connectivity index (χ0) is 22.3. The topological polar surface area (TPSA) is 88.2 Å². The van der Waals surface area contributed by atoms with Crippen molar-refractivity contribution in [2.24, 2.45) is 0 Å². The molecule has 8 nitrogen and oxygen atoms in total. The molecule has 2 aromatic carbocycles. The summed E-state index contributed by atoms with van der Waals surface area (Å²) in [5.74, 6) is 0.140. The highest BCUT2D eigenvalue weighted by atomic mass is 16.5. The van der Waals surface area contributed by atoms with Crippen molar-refractivity contribution in [2.45, 2.75) is 32.5 Å². The van der Waals surface area contributed by atoms with Crippen LogP contribution in [0.1, 0.15) is 52.7 Å². The molecule has 1 atom stereocenters. The highest BCUT2D eigenvalue weighted by Crippen LogP contribution is 2.49. The van der Waals surface area contributed by atoms with E-state index in [0.29, 0.717) is 33.9 Å². The largest absolute Gasteiger partial charge is 0.493 e. The van der Waals surface area contributed by atoms with Gasteiger partial charge in [-0.05, 0) is 32.0 Å². The van der Waals surface area contributed by atoms with Gasteiger partial charge in [-0.3, -0.25) is 19.3 Å². The molecule has 2 heterocycles. The molecular formula is C23H25N3O5. The standard InChI is InChI=1S/C23H25N3O5/c1-13(2)24-18(27)11-12-25-21-15-9-10-17(30-3)20(31-4)19(15)23(29)26(21)16-8-6-5-7-14(16)22(25)28/h5-10,13,21H,11-12H2,1-4H3,(H,24,27). The van der Waals surface area contributed by atoms with Crippen molar-refractivity contribution in [1.29, 1.82) is 0 Å². The summed E-state index contributed by atoms with van der Waals surface area (Å²) in [5.41, 5.74) is 1.99. The number of carbonyl (C=O) groups is 3. The summed E-state index contributed by atoms with van der Waals surface area (Å²) in [6.45, 7) is 3.94. The molecule has 3 amide bonds. The fraction of sp³-hybridized carbons (Fsp3) is 0.348. The van der Waals surface area contributed by atoms with E-state index in [4.69, 9.17) is 9.47 Å². The Morgan fingerprint density at radius 1 is 1.06 bits per heavy atom. The third-order valence-electron chi connectivity index (χ3n) is 5.51. The number of ether oxygens (including phenoxy) is 2. The van der Waals surface area contributed by atoms with Crippen LogP contribution in [0.5, 0.6) is 11.5 Å². The first kappa shape index (κ1) is 20.7. The van der Waals surface area contributed by atoms with E-state index in [1.165, 1.54) is 14.2 Å². The monoisotopic (exact) mass is 423 g/mol. The lowest BCUT2D eigenvalue weighted by Crippen LogP contribution is -2.49. The molecule has 0 radical (unpaired) electrons. The van der Waals surface area contributed by atoms with E-state index in [-0.39, 0.29) is 36.7 Å². The van der Waals surface area contributed by atoms with Gasteiger partial charge in [-0.2, -0.15) is 0 Å². The molecule has 0 aliphatic carbocycles. The molecule has 162 valence electrons. The van der Waals surface area contributed by atoms with Crippen molar-refractivity contribution in [3.05, 3.63) is 53.1 Å². The summed E-state index contributed by atoms with van der Waals surface area (Å²) < 4.78 is 10.9. The van der Waals surface area contributed by atoms with E-state index in [1.807, 2.05) is 13.8 Å². The zero-order valence-corrected chi connectivity index (χ0v) is 18.0. The number of nitrogens with one attached hydrogen (secondary N) is 1. The second kappa shape index (κ2) is 7.94. The van der Waals surface area contributed by atoms with Gasteiger partial charge in [0, 0.05) is 24.6 Å². The van der Waals surface area contributed by atoms with Gasteiger partial charge in [0.05, 0.1) is 31.0 Å². The zero-order valence-electron chi connectivity index (χ0n) is 18.0. The number of hydrogen-bond acceptors (Lipinski definition) is 5. The lowest BCUT2D eigenvalue weighted by atomic mass is 10.0. The van der Waals surface area contributed by atoms with Crippen molar-refractivity contribution >= 4 is 23.4 Å². The second-order valence-corrected chi connectivity index (χ2v) is 7.80. The average molecular weight is 423 g/mol. The molecule has 0 fully saturated rings. The molecule has 2 aliphatic rings. The van der Waals surface area contributed by atoms with E-state index in [0.717, 1.165) is 0 Å². The number of benzene rings is 2. The molecule has 4 rings (SSSR count). The molecule has 0 spiro atoms. The number of hydrogen-bond donors (Lipinski definition) is 1. The van der Waals surface area contributed by atoms with Crippen LogP contribution in [0.15, 0.2) is 36.4 Å². The summed E-state index contributed by atoms with van der Waals surface area (Å²) in [7, 11) is 2.99. The second-order valence-electron chi connectivity index (χ2n) is 7.80. The highest BCUT2D eigenvalue weighted by Gasteiger charge is 2.49. The third-order valence-corrected chi connectivity index (χ3v) is 5.51. The lowest BCUT2D eigenvalue weighted by Gasteiger charge is -2.40. The van der Waals surface area contributed by atoms with Crippen molar-refractivity contribution in [1.82, 2.24) is 10.2 Å². The van der Waals surface area contributed by atoms with E-state index in [1.54, 1.807) is 46.2 Å². The van der Waals surface area contributed by atoms with Gasteiger partial charge < -0.3 is 19.7 Å². The Hall–Kier alpha value is -3.55. The summed E-state index contributed by atoms with van der Waals surface area (Å²) in [6, 6.07) is 10.5. The van der Waals surface area contributed by atoms with Gasteiger partial charge in [-0.1, -0.05) is 18.2 Å². The molecule has 1 N–H and O–H groups in total. The van der Waals surface area contributed by atoms with Gasteiger partial charge in [0.1, 0.15) is 6.17 Å². The Morgan fingerprint density at radius 2 is 1.81 bits per heavy atom. The van der Waals surface area contributed by atoms with Crippen LogP contribution in [0.3, 0.4) is 0 Å². The Bertz CT molecular complexity index is 1070. The van der Waals surface area contributed by atoms with Crippen LogP contribution in [0.2, 0.25) is 0 Å². The minimum absolute atomic E-state index is 0.00675. The predicted octanol–water partition coefficient (Wildman–Crippen LogP) is 2.73. The molecule has 31 heavy (non-hydrogen) atoms. The molecule has 8 heteroatoms. The van der Waals surface area contributed by atoms with Crippen LogP contribution >= 0.6 is 0 Å². The van der Waals surface area contributed by atoms with Gasteiger partial charge in [-0.15, -0.1) is 0 Å². The molecule has 0 saturated heterocycles. The van der Waals surface area contributed by atoms with Crippen molar-refractivity contribution in [2.75, 3.05) is 25.7 Å². The number of nitrogens with zero attached hydrogens (tertiary/aromatic N) is 2. The maximum absolute atomic E-state index is 13.6. The quantitative estimate of drug-likeness (QED) is 0.772. The van der Waals surface area contributed by atoms with Crippen LogP contribution in [0, 0.1) is 0 Å². The maximum atomic E-state index is 13.6. The van der Waals surface area contributed by atoms with Crippen LogP contribution in [-0.2, 0) is 4.79 Å². The maximum Gasteiger partial charge on any atom is 0.264 e. The third kappa shape index (κ3) is 3.28. The number of carbonyl (C=O) groups excluding carboxylic acids is 3. The van der Waals surface area contributed by atoms with Crippen LogP contribution < -0.4 is 19.7 Å². The number of methoxy groups -OCH3 is 2. The summed E-state index contributed by atoms with van der Waals surface area (Å²) in [6.07, 6.45) is -0.524. The van der Waals surface area contributed by atoms with Gasteiger partial charge in [0.2, 0.25) is 5.91 Å². The van der Waals surface area contributed by atoms with Crippen molar-refractivity contribution in [3.63, 3.8) is 0 Å². The Morgan fingerprint density at radius 3 is 2.48 bits per heavy atom. The van der Waals surface area contributed by atoms with Crippen LogP contribution in [0.25, 0.3) is 0 Å². The first-order valence-corrected chi connectivity index (χ1v) is 10.2. The smallest absolute Gasteiger partial charge is 0.264 e. The van der Waals surface area contributed by atoms with Crippen molar-refractivity contribution < 1.29 is 23.9 Å². The molecular weight excluding hydrogens is 398 g/mol. The van der Waals surface area contributed by atoms with E-state index in [2.05, 4.69) is 5.32 Å². The Kier molecular flexibility index (Phi) is 5.31. The normalized spacial score (nSPS) is 16.7. The van der Waals surface area contributed by atoms with Crippen LogP contribution in [-0.4, -0.2) is 49.4 Å². The van der Waals surface area contributed by atoms with E-state index >= 15 is 0 Å². The number of fused-ring (bicyclic) bond motifs is 5. The number of rotatable bonds is 6. The van der Waals surface area contributed by atoms with Gasteiger partial charge >= 0.3 is 0 Å². The SMILES string of the molecule is COc1ccc2c(c1OC)C(=O)N1c3ccccc3C(=O)N(CCC(=O)NC(C)C)C21. The minimum atomic E-state index is -0.656. The first-order chi connectivity index (χ1) is 14.9. The van der Waals surface area contributed by atoms with E-state index in [9.17, 15) is 14.4 Å². The number of para-hydroxylation sites is 1. The Balaban J connectivity index is 1.81. The molecule has 0 aromatic heterocycles. The highest BCUT2D eigenvalue weighted by molar-refractivity contribution is 6.18. The summed E-state index contributed by atoms with van der Waals surface area (Å²) in [5, 5.41) is 2.84. The van der Waals surface area contributed by atoms with Crippen molar-refractivity contribution in [3.8, 4) is 11.5 Å². The van der Waals surface area contributed by atoms with Crippen LogP contribution in [0.4, 0.5) is 5.69 Å². The van der Waals surface area contributed by atoms with Gasteiger partial charge in [-0.25, -0.2) is 0 Å². The molecule has 2 aromatic rings. The molecule has 2 aliphatic heterocycles. The first-order valence-electron chi connectivity index (χ1n) is 10.2. The fourth-order valence-corrected chi connectivity index (χ4v) is 4.27. The lowest BCUT2D eigenvalue weighted by molar-refractivity contribution is -0.121. The summed E-state index contributed by atoms with van der Waals surface area (Å²) in [4.78, 5) is 42.4. The Labute approximate surface area is 180 Å². The minimum Gasteiger partial charge on any atom is -0.493 e. The van der Waals surface area contributed by atoms with Gasteiger partial charge in [0.15, 0.2) is 11.5 Å².